The molecule has 0 bridgehead atoms. The number of benzene rings is 3. The summed E-state index contributed by atoms with van der Waals surface area (Å²) in [6.45, 7) is 9.41. The molecule has 0 aromatic heterocycles. The van der Waals surface area contributed by atoms with Gasteiger partial charge in [-0.25, -0.2) is 8.42 Å². The van der Waals surface area contributed by atoms with Gasteiger partial charge in [0.25, 0.3) is 10.0 Å². The van der Waals surface area contributed by atoms with E-state index in [4.69, 9.17) is 4.74 Å². The standard InChI is InChI=1S/C31H39N3O5S/c1-22(2)19-32-31(36)25(5)33(20-26-13-15-27(39-6)16-14-26)30(35)21-34(29-10-8-7-9-24(29)4)40(37,38)28-17-11-23(3)12-18-28/h7-18,22,25H,19-21H2,1-6H3,(H,32,36). The third kappa shape index (κ3) is 7.63. The first-order valence-electron chi connectivity index (χ1n) is 13.3. The summed E-state index contributed by atoms with van der Waals surface area (Å²) in [5.74, 6) is 0.0960. The van der Waals surface area contributed by atoms with Gasteiger partial charge >= 0.3 is 0 Å². The van der Waals surface area contributed by atoms with Crippen molar-refractivity contribution in [1.29, 1.82) is 0 Å². The van der Waals surface area contributed by atoms with Crippen LogP contribution in [-0.2, 0) is 26.2 Å². The van der Waals surface area contributed by atoms with Gasteiger partial charge in [-0.1, -0.05) is 61.9 Å². The SMILES string of the molecule is COc1ccc(CN(C(=O)CN(c2ccccc2C)S(=O)(=O)c2ccc(C)cc2)C(C)C(=O)NCC(C)C)cc1. The fourth-order valence-corrected chi connectivity index (χ4v) is 5.64. The zero-order valence-electron chi connectivity index (χ0n) is 24.0. The van der Waals surface area contributed by atoms with Gasteiger partial charge in [-0.3, -0.25) is 13.9 Å². The molecule has 1 unspecified atom stereocenters. The van der Waals surface area contributed by atoms with E-state index in [1.165, 1.54) is 17.0 Å². The molecule has 3 aromatic rings. The van der Waals surface area contributed by atoms with E-state index in [9.17, 15) is 18.0 Å². The number of anilines is 1. The van der Waals surface area contributed by atoms with Crippen LogP contribution in [0.1, 0.15) is 37.5 Å². The highest BCUT2D eigenvalue weighted by molar-refractivity contribution is 7.92. The van der Waals surface area contributed by atoms with Crippen LogP contribution in [0, 0.1) is 19.8 Å². The van der Waals surface area contributed by atoms with E-state index in [0.29, 0.717) is 23.5 Å². The molecule has 9 heteroatoms. The molecule has 0 radical (unpaired) electrons. The Hall–Kier alpha value is -3.85. The second kappa shape index (κ2) is 13.5. The van der Waals surface area contributed by atoms with Crippen molar-refractivity contribution < 1.29 is 22.7 Å². The summed E-state index contributed by atoms with van der Waals surface area (Å²) in [5.41, 5.74) is 2.80. The highest BCUT2D eigenvalue weighted by Gasteiger charge is 2.33. The molecule has 214 valence electrons. The number of methoxy groups -OCH3 is 1. The lowest BCUT2D eigenvalue weighted by Gasteiger charge is -2.32. The third-order valence-electron chi connectivity index (χ3n) is 6.64. The van der Waals surface area contributed by atoms with Crippen molar-refractivity contribution in [3.8, 4) is 5.75 Å². The predicted octanol–water partition coefficient (Wildman–Crippen LogP) is 4.70. The number of nitrogens with one attached hydrogen (secondary N) is 1. The first-order chi connectivity index (χ1) is 18.9. The molecule has 0 heterocycles. The number of carbonyl (C=O) groups excluding carboxylic acids is 2. The van der Waals surface area contributed by atoms with Gasteiger partial charge in [-0.05, 0) is 68.1 Å². The summed E-state index contributed by atoms with van der Waals surface area (Å²) in [6.07, 6.45) is 0. The molecule has 0 saturated heterocycles. The molecule has 0 aliphatic carbocycles. The van der Waals surface area contributed by atoms with E-state index in [1.54, 1.807) is 63.4 Å². The molecular weight excluding hydrogens is 526 g/mol. The van der Waals surface area contributed by atoms with Crippen LogP contribution in [0.3, 0.4) is 0 Å². The van der Waals surface area contributed by atoms with Gasteiger partial charge in [0.2, 0.25) is 11.8 Å². The number of hydrogen-bond acceptors (Lipinski definition) is 5. The molecule has 40 heavy (non-hydrogen) atoms. The van der Waals surface area contributed by atoms with Gasteiger partial charge in [0.05, 0.1) is 17.7 Å². The van der Waals surface area contributed by atoms with Crippen LogP contribution in [0.2, 0.25) is 0 Å². The van der Waals surface area contributed by atoms with Gasteiger partial charge in [-0.2, -0.15) is 0 Å². The number of hydrogen-bond donors (Lipinski definition) is 1. The molecular formula is C31H39N3O5S. The first kappa shape index (κ1) is 30.7. The summed E-state index contributed by atoms with van der Waals surface area (Å²) in [4.78, 5) is 28.6. The molecule has 0 aliphatic rings. The van der Waals surface area contributed by atoms with E-state index >= 15 is 0 Å². The van der Waals surface area contributed by atoms with Crippen molar-refractivity contribution in [2.24, 2.45) is 5.92 Å². The first-order valence-corrected chi connectivity index (χ1v) is 14.7. The second-order valence-electron chi connectivity index (χ2n) is 10.3. The van der Waals surface area contributed by atoms with Crippen molar-refractivity contribution in [1.82, 2.24) is 10.2 Å². The lowest BCUT2D eigenvalue weighted by atomic mass is 10.1. The maximum absolute atomic E-state index is 14.0. The summed E-state index contributed by atoms with van der Waals surface area (Å²) in [5, 5.41) is 2.89. The average molecular weight is 566 g/mol. The fourth-order valence-electron chi connectivity index (χ4n) is 4.16. The number of para-hydroxylation sites is 1. The topological polar surface area (TPSA) is 96.0 Å². The maximum Gasteiger partial charge on any atom is 0.264 e. The molecule has 3 rings (SSSR count). The zero-order valence-corrected chi connectivity index (χ0v) is 24.9. The van der Waals surface area contributed by atoms with Gasteiger partial charge in [0, 0.05) is 13.1 Å². The van der Waals surface area contributed by atoms with E-state index in [-0.39, 0.29) is 23.3 Å². The Labute approximate surface area is 238 Å². The van der Waals surface area contributed by atoms with Crippen molar-refractivity contribution in [3.05, 3.63) is 89.5 Å². The van der Waals surface area contributed by atoms with Gasteiger partial charge < -0.3 is 15.0 Å². The zero-order chi connectivity index (χ0) is 29.4. The Kier molecular flexibility index (Phi) is 10.3. The number of ether oxygens (including phenoxy) is 1. The Morgan fingerprint density at radius 3 is 2.10 bits per heavy atom. The predicted molar refractivity (Wildman–Crippen MR) is 158 cm³/mol. The molecule has 2 amide bonds. The molecule has 1 atom stereocenters. The number of nitrogens with zero attached hydrogens (tertiary/aromatic N) is 2. The second-order valence-corrected chi connectivity index (χ2v) is 12.2. The summed E-state index contributed by atoms with van der Waals surface area (Å²) >= 11 is 0. The number of carbonyl (C=O) groups is 2. The number of sulfonamides is 1. The van der Waals surface area contributed by atoms with Gasteiger partial charge in [0.15, 0.2) is 0 Å². The number of aryl methyl sites for hydroxylation is 2. The van der Waals surface area contributed by atoms with Crippen molar-refractivity contribution >= 4 is 27.5 Å². The fraction of sp³-hybridized carbons (Fsp3) is 0.355. The average Bonchev–Trinajstić information content (AvgIpc) is 2.93. The minimum absolute atomic E-state index is 0.0820. The molecule has 3 aromatic carbocycles. The quantitative estimate of drug-likeness (QED) is 0.344. The highest BCUT2D eigenvalue weighted by Crippen LogP contribution is 2.27. The van der Waals surface area contributed by atoms with E-state index in [2.05, 4.69) is 5.32 Å². The van der Waals surface area contributed by atoms with Crippen LogP contribution in [0.15, 0.2) is 77.7 Å². The molecule has 0 saturated carbocycles. The maximum atomic E-state index is 14.0. The lowest BCUT2D eigenvalue weighted by molar-refractivity contribution is -0.139. The summed E-state index contributed by atoms with van der Waals surface area (Å²) in [6, 6.07) is 19.9. The minimum atomic E-state index is -4.10. The van der Waals surface area contributed by atoms with Crippen LogP contribution in [-0.4, -0.2) is 51.4 Å². The third-order valence-corrected chi connectivity index (χ3v) is 8.41. The van der Waals surface area contributed by atoms with Crippen LogP contribution >= 0.6 is 0 Å². The van der Waals surface area contributed by atoms with Crippen molar-refractivity contribution in [2.45, 2.75) is 52.1 Å². The van der Waals surface area contributed by atoms with Gasteiger partial charge in [-0.15, -0.1) is 0 Å². The van der Waals surface area contributed by atoms with Gasteiger partial charge in [0.1, 0.15) is 18.3 Å². The van der Waals surface area contributed by atoms with Crippen LogP contribution in [0.25, 0.3) is 0 Å². The summed E-state index contributed by atoms with van der Waals surface area (Å²) < 4.78 is 34.2. The minimum Gasteiger partial charge on any atom is -0.497 e. The van der Waals surface area contributed by atoms with Crippen molar-refractivity contribution in [3.63, 3.8) is 0 Å². The van der Waals surface area contributed by atoms with E-state index < -0.39 is 28.5 Å². The highest BCUT2D eigenvalue weighted by atomic mass is 32.2. The Balaban J connectivity index is 2.01. The number of rotatable bonds is 12. The molecule has 0 aliphatic heterocycles. The van der Waals surface area contributed by atoms with Crippen LogP contribution in [0.4, 0.5) is 5.69 Å². The summed E-state index contributed by atoms with van der Waals surface area (Å²) in [7, 11) is -2.53. The van der Waals surface area contributed by atoms with E-state index in [1.807, 2.05) is 39.0 Å². The Morgan fingerprint density at radius 2 is 1.52 bits per heavy atom. The molecule has 1 N–H and O–H groups in total. The monoisotopic (exact) mass is 565 g/mol. The van der Waals surface area contributed by atoms with Crippen LogP contribution < -0.4 is 14.4 Å². The molecule has 0 fully saturated rings. The Bertz CT molecular complexity index is 1400. The Morgan fingerprint density at radius 1 is 0.900 bits per heavy atom. The van der Waals surface area contributed by atoms with Crippen molar-refractivity contribution in [2.75, 3.05) is 24.5 Å². The smallest absolute Gasteiger partial charge is 0.264 e. The number of amides is 2. The molecule has 0 spiro atoms. The van der Waals surface area contributed by atoms with E-state index in [0.717, 1.165) is 15.4 Å². The lowest BCUT2D eigenvalue weighted by Crippen LogP contribution is -2.51. The largest absolute Gasteiger partial charge is 0.497 e. The van der Waals surface area contributed by atoms with Crippen LogP contribution in [0.5, 0.6) is 5.75 Å². The molecule has 8 nitrogen and oxygen atoms in total. The normalized spacial score (nSPS) is 12.1.